The van der Waals surface area contributed by atoms with Crippen LogP contribution in [0.25, 0.3) is 0 Å². The summed E-state index contributed by atoms with van der Waals surface area (Å²) < 4.78 is 5.18. The Morgan fingerprint density at radius 2 is 1.63 bits per heavy atom. The number of carbonyl (C=O) groups is 3. The molecule has 2 aromatic rings. The number of carbonyl (C=O) groups excluding carboxylic acids is 3. The normalized spacial score (nSPS) is 10.3. The third-order valence-electron chi connectivity index (χ3n) is 4.52. The maximum atomic E-state index is 12.0. The maximum Gasteiger partial charge on any atom is 0.306 e. The van der Waals surface area contributed by atoms with Crippen molar-refractivity contribution in [2.24, 2.45) is 0 Å². The van der Waals surface area contributed by atoms with E-state index < -0.39 is 0 Å². The van der Waals surface area contributed by atoms with E-state index in [2.05, 4.69) is 17.6 Å². The van der Waals surface area contributed by atoms with Gasteiger partial charge in [0.05, 0.1) is 13.0 Å². The fourth-order valence-corrected chi connectivity index (χ4v) is 2.80. The van der Waals surface area contributed by atoms with E-state index in [1.165, 1.54) is 5.56 Å². The number of hydrogen-bond acceptors (Lipinski definition) is 4. The number of aryl methyl sites for hydroxylation is 1. The highest BCUT2D eigenvalue weighted by Crippen LogP contribution is 2.11. The molecule has 0 unspecified atom stereocenters. The van der Waals surface area contributed by atoms with Gasteiger partial charge in [-0.3, -0.25) is 14.4 Å². The van der Waals surface area contributed by atoms with Crippen molar-refractivity contribution in [1.29, 1.82) is 0 Å². The molecule has 30 heavy (non-hydrogen) atoms. The van der Waals surface area contributed by atoms with Crippen molar-refractivity contribution in [1.82, 2.24) is 5.32 Å². The molecule has 6 nitrogen and oxygen atoms in total. The SMILES string of the molecule is CCCCNC(=O)c1ccc(NC(=O)CCC(=O)OCCCc2ccccc2)cc1. The van der Waals surface area contributed by atoms with E-state index in [1.807, 2.05) is 30.3 Å². The van der Waals surface area contributed by atoms with E-state index in [0.29, 0.717) is 24.4 Å². The fraction of sp³-hybridized carbons (Fsp3) is 0.375. The standard InChI is InChI=1S/C24H30N2O4/c1-2-3-17-25-24(29)20-11-13-21(14-12-20)26-22(27)15-16-23(28)30-18-7-10-19-8-5-4-6-9-19/h4-6,8-9,11-14H,2-3,7,10,15-18H2,1H3,(H,25,29)(H,26,27). The first-order valence-corrected chi connectivity index (χ1v) is 10.5. The van der Waals surface area contributed by atoms with Gasteiger partial charge in [0.1, 0.15) is 0 Å². The zero-order valence-corrected chi connectivity index (χ0v) is 17.5. The number of esters is 1. The predicted molar refractivity (Wildman–Crippen MR) is 117 cm³/mol. The van der Waals surface area contributed by atoms with Gasteiger partial charge in [-0.15, -0.1) is 0 Å². The topological polar surface area (TPSA) is 84.5 Å². The molecule has 6 heteroatoms. The first-order valence-electron chi connectivity index (χ1n) is 10.5. The monoisotopic (exact) mass is 410 g/mol. The van der Waals surface area contributed by atoms with Gasteiger partial charge in [0.15, 0.2) is 0 Å². The molecule has 0 aliphatic rings. The van der Waals surface area contributed by atoms with Crippen molar-refractivity contribution in [2.45, 2.75) is 45.4 Å². The van der Waals surface area contributed by atoms with Gasteiger partial charge < -0.3 is 15.4 Å². The molecule has 0 fully saturated rings. The number of anilines is 1. The zero-order valence-electron chi connectivity index (χ0n) is 17.5. The first kappa shape index (κ1) is 23.1. The average molecular weight is 411 g/mol. The summed E-state index contributed by atoms with van der Waals surface area (Å²) in [5.41, 5.74) is 2.34. The summed E-state index contributed by atoms with van der Waals surface area (Å²) in [6.07, 6.45) is 3.65. The van der Waals surface area contributed by atoms with Crippen molar-refractivity contribution >= 4 is 23.5 Å². The van der Waals surface area contributed by atoms with Gasteiger partial charge in [-0.25, -0.2) is 0 Å². The van der Waals surface area contributed by atoms with E-state index in [0.717, 1.165) is 25.7 Å². The van der Waals surface area contributed by atoms with Crippen LogP contribution in [-0.2, 0) is 20.7 Å². The Morgan fingerprint density at radius 3 is 2.33 bits per heavy atom. The van der Waals surface area contributed by atoms with Crippen molar-refractivity contribution in [3.8, 4) is 0 Å². The van der Waals surface area contributed by atoms with Gasteiger partial charge >= 0.3 is 5.97 Å². The Balaban J connectivity index is 1.62. The molecule has 160 valence electrons. The molecule has 2 aromatic carbocycles. The van der Waals surface area contributed by atoms with Crippen LogP contribution in [-0.4, -0.2) is 30.9 Å². The summed E-state index contributed by atoms with van der Waals surface area (Å²) in [7, 11) is 0. The smallest absolute Gasteiger partial charge is 0.306 e. The number of rotatable bonds is 12. The van der Waals surface area contributed by atoms with Crippen LogP contribution in [0.3, 0.4) is 0 Å². The van der Waals surface area contributed by atoms with Gasteiger partial charge in [-0.2, -0.15) is 0 Å². The minimum absolute atomic E-state index is 0.0368. The molecule has 0 bridgehead atoms. The van der Waals surface area contributed by atoms with Crippen LogP contribution in [0.15, 0.2) is 54.6 Å². The summed E-state index contributed by atoms with van der Waals surface area (Å²) in [6, 6.07) is 16.7. The second-order valence-corrected chi connectivity index (χ2v) is 7.04. The van der Waals surface area contributed by atoms with Crippen molar-refractivity contribution in [3.05, 3.63) is 65.7 Å². The number of benzene rings is 2. The molecule has 2 rings (SSSR count). The average Bonchev–Trinajstić information content (AvgIpc) is 2.76. The molecule has 0 aliphatic carbocycles. The summed E-state index contributed by atoms with van der Waals surface area (Å²) in [4.78, 5) is 35.8. The van der Waals surface area contributed by atoms with Crippen LogP contribution in [0.5, 0.6) is 0 Å². The number of unbranched alkanes of at least 4 members (excludes halogenated alkanes) is 1. The molecule has 2 amide bonds. The van der Waals surface area contributed by atoms with E-state index >= 15 is 0 Å². The first-order chi connectivity index (χ1) is 14.6. The molecule has 0 spiro atoms. The van der Waals surface area contributed by atoms with E-state index in [1.54, 1.807) is 24.3 Å². The molecule has 0 heterocycles. The minimum atomic E-state index is -0.377. The van der Waals surface area contributed by atoms with Crippen LogP contribution in [0.2, 0.25) is 0 Å². The second kappa shape index (κ2) is 13.1. The van der Waals surface area contributed by atoms with Gasteiger partial charge in [-0.05, 0) is 49.1 Å². The van der Waals surface area contributed by atoms with E-state index in [-0.39, 0.29) is 30.6 Å². The molecule has 0 aliphatic heterocycles. The molecule has 0 atom stereocenters. The summed E-state index contributed by atoms with van der Waals surface area (Å²) >= 11 is 0. The van der Waals surface area contributed by atoms with Crippen molar-refractivity contribution in [3.63, 3.8) is 0 Å². The highest BCUT2D eigenvalue weighted by molar-refractivity contribution is 5.96. The van der Waals surface area contributed by atoms with Gasteiger partial charge in [0, 0.05) is 24.2 Å². The quantitative estimate of drug-likeness (QED) is 0.407. The highest BCUT2D eigenvalue weighted by Gasteiger charge is 2.09. The Morgan fingerprint density at radius 1 is 0.900 bits per heavy atom. The Labute approximate surface area is 178 Å². The molecule has 2 N–H and O–H groups in total. The van der Waals surface area contributed by atoms with E-state index in [4.69, 9.17) is 4.74 Å². The highest BCUT2D eigenvalue weighted by atomic mass is 16.5. The summed E-state index contributed by atoms with van der Waals surface area (Å²) in [5, 5.41) is 5.57. The van der Waals surface area contributed by atoms with Crippen molar-refractivity contribution in [2.75, 3.05) is 18.5 Å². The maximum absolute atomic E-state index is 12.0. The van der Waals surface area contributed by atoms with Crippen LogP contribution in [0, 0.1) is 0 Å². The van der Waals surface area contributed by atoms with Crippen LogP contribution >= 0.6 is 0 Å². The predicted octanol–water partition coefficient (Wildman–Crippen LogP) is 4.11. The summed E-state index contributed by atoms with van der Waals surface area (Å²) in [6.45, 7) is 3.06. The third-order valence-corrected chi connectivity index (χ3v) is 4.52. The number of ether oxygens (including phenoxy) is 1. The van der Waals surface area contributed by atoms with Crippen LogP contribution in [0.1, 0.15) is 54.9 Å². The number of hydrogen-bond donors (Lipinski definition) is 2. The number of amides is 2. The Kier molecular flexibility index (Phi) is 10.1. The molecular weight excluding hydrogens is 380 g/mol. The molecule has 0 radical (unpaired) electrons. The second-order valence-electron chi connectivity index (χ2n) is 7.04. The van der Waals surface area contributed by atoms with Gasteiger partial charge in [-0.1, -0.05) is 43.7 Å². The van der Waals surface area contributed by atoms with Crippen LogP contribution < -0.4 is 10.6 Å². The van der Waals surface area contributed by atoms with E-state index in [9.17, 15) is 14.4 Å². The number of nitrogens with one attached hydrogen (secondary N) is 2. The molecule has 0 aromatic heterocycles. The lowest BCUT2D eigenvalue weighted by Gasteiger charge is -2.08. The largest absolute Gasteiger partial charge is 0.466 e. The molecular formula is C24H30N2O4. The lowest BCUT2D eigenvalue weighted by molar-refractivity contribution is -0.144. The zero-order chi connectivity index (χ0) is 21.6. The molecule has 0 saturated heterocycles. The minimum Gasteiger partial charge on any atom is -0.466 e. The Hall–Kier alpha value is -3.15. The third kappa shape index (κ3) is 8.90. The fourth-order valence-electron chi connectivity index (χ4n) is 2.80. The lowest BCUT2D eigenvalue weighted by Crippen LogP contribution is -2.24. The molecule has 0 saturated carbocycles. The lowest BCUT2D eigenvalue weighted by atomic mass is 10.1. The Bertz CT molecular complexity index is 804. The van der Waals surface area contributed by atoms with Crippen molar-refractivity contribution < 1.29 is 19.1 Å². The van der Waals surface area contributed by atoms with Gasteiger partial charge in [0.2, 0.25) is 5.91 Å². The summed E-state index contributed by atoms with van der Waals surface area (Å²) in [5.74, 6) is -0.773. The van der Waals surface area contributed by atoms with Crippen LogP contribution in [0.4, 0.5) is 5.69 Å². The van der Waals surface area contributed by atoms with Gasteiger partial charge in [0.25, 0.3) is 5.91 Å².